The first-order valence-electron chi connectivity index (χ1n) is 5.54. The number of aliphatic hydroxyl groups is 1. The van der Waals surface area contributed by atoms with Crippen LogP contribution in [-0.4, -0.2) is 30.4 Å². The summed E-state index contributed by atoms with van der Waals surface area (Å²) in [7, 11) is 0. The van der Waals surface area contributed by atoms with Gasteiger partial charge in [-0.1, -0.05) is 12.8 Å². The van der Waals surface area contributed by atoms with Crippen molar-refractivity contribution in [2.45, 2.75) is 38.7 Å². The maximum Gasteiger partial charge on any atom is 0.426 e. The molecular weight excluding hydrogens is 196 g/mol. The van der Waals surface area contributed by atoms with E-state index in [1.807, 2.05) is 0 Å². The van der Waals surface area contributed by atoms with E-state index in [2.05, 4.69) is 10.8 Å². The standard InChI is InChI=1S/C10H20N2O3/c1-8(13)6-11-10(14)15-12-7-9-4-2-3-5-9/h8-9,12-13H,2-7H2,1H3,(H,11,14). The second-order valence-corrected chi connectivity index (χ2v) is 4.12. The Morgan fingerprint density at radius 1 is 1.53 bits per heavy atom. The van der Waals surface area contributed by atoms with E-state index in [0.717, 1.165) is 6.54 Å². The second kappa shape index (κ2) is 6.63. The lowest BCUT2D eigenvalue weighted by Gasteiger charge is -2.11. The zero-order chi connectivity index (χ0) is 11.1. The lowest BCUT2D eigenvalue weighted by Crippen LogP contribution is -2.35. The van der Waals surface area contributed by atoms with Gasteiger partial charge in [0.1, 0.15) is 0 Å². The molecule has 0 aromatic rings. The summed E-state index contributed by atoms with van der Waals surface area (Å²) < 4.78 is 0. The molecule has 1 aliphatic carbocycles. The average molecular weight is 216 g/mol. The van der Waals surface area contributed by atoms with Crippen LogP contribution in [0, 0.1) is 5.92 Å². The molecule has 3 N–H and O–H groups in total. The number of hydroxylamine groups is 1. The van der Waals surface area contributed by atoms with E-state index in [-0.39, 0.29) is 6.54 Å². The highest BCUT2D eigenvalue weighted by atomic mass is 16.7. The van der Waals surface area contributed by atoms with Crippen LogP contribution in [0.3, 0.4) is 0 Å². The Balaban J connectivity index is 1.96. The third kappa shape index (κ3) is 5.59. The van der Waals surface area contributed by atoms with Crippen LogP contribution in [0.25, 0.3) is 0 Å². The summed E-state index contributed by atoms with van der Waals surface area (Å²) in [6.45, 7) is 2.54. The van der Waals surface area contributed by atoms with Crippen molar-refractivity contribution in [3.8, 4) is 0 Å². The second-order valence-electron chi connectivity index (χ2n) is 4.12. The van der Waals surface area contributed by atoms with Gasteiger partial charge >= 0.3 is 6.09 Å². The number of nitrogens with one attached hydrogen (secondary N) is 2. The summed E-state index contributed by atoms with van der Waals surface area (Å²) in [4.78, 5) is 15.8. The predicted octanol–water partition coefficient (Wildman–Crippen LogP) is 0.788. The normalized spacial score (nSPS) is 18.8. The van der Waals surface area contributed by atoms with Crippen LogP contribution in [0.4, 0.5) is 4.79 Å². The molecule has 1 unspecified atom stereocenters. The van der Waals surface area contributed by atoms with Gasteiger partial charge in [0.25, 0.3) is 0 Å². The van der Waals surface area contributed by atoms with Crippen LogP contribution in [0.5, 0.6) is 0 Å². The van der Waals surface area contributed by atoms with Crippen molar-refractivity contribution in [3.05, 3.63) is 0 Å². The van der Waals surface area contributed by atoms with Crippen molar-refractivity contribution in [1.82, 2.24) is 10.8 Å². The third-order valence-electron chi connectivity index (χ3n) is 2.55. The minimum atomic E-state index is -0.549. The molecule has 5 heteroatoms. The molecule has 1 rings (SSSR count). The lowest BCUT2D eigenvalue weighted by molar-refractivity contribution is 0.0778. The molecule has 0 aromatic heterocycles. The zero-order valence-electron chi connectivity index (χ0n) is 9.16. The van der Waals surface area contributed by atoms with Crippen molar-refractivity contribution >= 4 is 6.09 Å². The molecule has 1 amide bonds. The quantitative estimate of drug-likeness (QED) is 0.594. The van der Waals surface area contributed by atoms with Crippen LogP contribution in [-0.2, 0) is 4.84 Å². The number of amides is 1. The van der Waals surface area contributed by atoms with Crippen molar-refractivity contribution < 1.29 is 14.7 Å². The molecule has 0 heterocycles. The molecule has 1 aliphatic rings. The summed E-state index contributed by atoms with van der Waals surface area (Å²) in [6, 6.07) is 0. The molecule has 5 nitrogen and oxygen atoms in total. The van der Waals surface area contributed by atoms with Crippen molar-refractivity contribution in [2.75, 3.05) is 13.1 Å². The van der Waals surface area contributed by atoms with E-state index in [1.54, 1.807) is 6.92 Å². The molecule has 0 radical (unpaired) electrons. The molecule has 1 saturated carbocycles. The highest BCUT2D eigenvalue weighted by Gasteiger charge is 2.15. The number of hydrogen-bond donors (Lipinski definition) is 3. The Morgan fingerprint density at radius 2 is 2.20 bits per heavy atom. The molecular formula is C10H20N2O3. The Bertz CT molecular complexity index is 191. The van der Waals surface area contributed by atoms with Gasteiger partial charge in [-0.2, -0.15) is 5.48 Å². The summed E-state index contributed by atoms with van der Waals surface area (Å²) in [5, 5.41) is 11.3. The number of carbonyl (C=O) groups is 1. The van der Waals surface area contributed by atoms with Crippen LogP contribution in [0.2, 0.25) is 0 Å². The Labute approximate surface area is 90.1 Å². The smallest absolute Gasteiger partial charge is 0.392 e. The van der Waals surface area contributed by atoms with Crippen LogP contribution < -0.4 is 10.8 Å². The number of aliphatic hydroxyl groups excluding tert-OH is 1. The number of rotatable bonds is 5. The fourth-order valence-corrected chi connectivity index (χ4v) is 1.71. The summed E-state index contributed by atoms with van der Waals surface area (Å²) in [5.74, 6) is 0.634. The first-order valence-corrected chi connectivity index (χ1v) is 5.54. The molecule has 0 bridgehead atoms. The molecule has 15 heavy (non-hydrogen) atoms. The minimum Gasteiger partial charge on any atom is -0.392 e. The monoisotopic (exact) mass is 216 g/mol. The zero-order valence-corrected chi connectivity index (χ0v) is 9.16. The van der Waals surface area contributed by atoms with Gasteiger partial charge in [-0.15, -0.1) is 0 Å². The van der Waals surface area contributed by atoms with E-state index < -0.39 is 12.2 Å². The third-order valence-corrected chi connectivity index (χ3v) is 2.55. The van der Waals surface area contributed by atoms with Gasteiger partial charge in [-0.3, -0.25) is 0 Å². The largest absolute Gasteiger partial charge is 0.426 e. The summed E-state index contributed by atoms with van der Waals surface area (Å²) in [6.07, 6.45) is 3.90. The van der Waals surface area contributed by atoms with Crippen LogP contribution >= 0.6 is 0 Å². The highest BCUT2D eigenvalue weighted by molar-refractivity contribution is 5.66. The average Bonchev–Trinajstić information content (AvgIpc) is 2.67. The molecule has 1 atom stereocenters. The molecule has 1 fully saturated rings. The van der Waals surface area contributed by atoms with Crippen LogP contribution in [0.15, 0.2) is 0 Å². The summed E-state index contributed by atoms with van der Waals surface area (Å²) >= 11 is 0. The minimum absolute atomic E-state index is 0.212. The molecule has 0 aromatic carbocycles. The van der Waals surface area contributed by atoms with E-state index in [0.29, 0.717) is 5.92 Å². The van der Waals surface area contributed by atoms with Gasteiger partial charge in [0, 0.05) is 13.1 Å². The van der Waals surface area contributed by atoms with E-state index in [4.69, 9.17) is 9.94 Å². The lowest BCUT2D eigenvalue weighted by atomic mass is 10.1. The summed E-state index contributed by atoms with van der Waals surface area (Å²) in [5.41, 5.74) is 2.66. The Hall–Kier alpha value is -0.810. The fourth-order valence-electron chi connectivity index (χ4n) is 1.71. The Morgan fingerprint density at radius 3 is 2.80 bits per heavy atom. The van der Waals surface area contributed by atoms with Crippen molar-refractivity contribution in [2.24, 2.45) is 5.92 Å². The van der Waals surface area contributed by atoms with E-state index in [1.165, 1.54) is 25.7 Å². The number of carbonyl (C=O) groups excluding carboxylic acids is 1. The van der Waals surface area contributed by atoms with E-state index >= 15 is 0 Å². The maximum atomic E-state index is 11.0. The van der Waals surface area contributed by atoms with Gasteiger partial charge in [-0.05, 0) is 25.7 Å². The van der Waals surface area contributed by atoms with Gasteiger partial charge in [0.15, 0.2) is 0 Å². The Kier molecular flexibility index (Phi) is 5.42. The fraction of sp³-hybridized carbons (Fsp3) is 0.900. The van der Waals surface area contributed by atoms with Gasteiger partial charge < -0.3 is 15.3 Å². The van der Waals surface area contributed by atoms with Crippen molar-refractivity contribution in [3.63, 3.8) is 0 Å². The highest BCUT2D eigenvalue weighted by Crippen LogP contribution is 2.23. The molecule has 0 spiro atoms. The maximum absolute atomic E-state index is 11.0. The molecule has 0 saturated heterocycles. The number of hydrogen-bond acceptors (Lipinski definition) is 4. The topological polar surface area (TPSA) is 70.6 Å². The van der Waals surface area contributed by atoms with Crippen molar-refractivity contribution in [1.29, 1.82) is 0 Å². The SMILES string of the molecule is CC(O)CNC(=O)ONCC1CCCC1. The molecule has 88 valence electrons. The van der Waals surface area contributed by atoms with Gasteiger partial charge in [0.05, 0.1) is 6.10 Å². The van der Waals surface area contributed by atoms with Gasteiger partial charge in [-0.25, -0.2) is 4.79 Å². The first-order chi connectivity index (χ1) is 7.18. The first kappa shape index (κ1) is 12.3. The molecule has 0 aliphatic heterocycles. The van der Waals surface area contributed by atoms with E-state index in [9.17, 15) is 4.79 Å². The van der Waals surface area contributed by atoms with Crippen LogP contribution in [0.1, 0.15) is 32.6 Å². The predicted molar refractivity (Wildman–Crippen MR) is 56.1 cm³/mol. The van der Waals surface area contributed by atoms with Gasteiger partial charge in [0.2, 0.25) is 0 Å².